The zero-order valence-electron chi connectivity index (χ0n) is 6.81. The molecule has 0 atom stereocenters. The fourth-order valence-corrected chi connectivity index (χ4v) is 1.06. The van der Waals surface area contributed by atoms with Gasteiger partial charge in [0.25, 0.3) is 0 Å². The number of hydrogen-bond donors (Lipinski definition) is 2. The molecule has 11 heavy (non-hydrogen) atoms. The van der Waals surface area contributed by atoms with Crippen molar-refractivity contribution in [3.05, 3.63) is 23.9 Å². The zero-order chi connectivity index (χ0) is 8.10. The lowest BCUT2D eigenvalue weighted by atomic mass is 10.1. The molecule has 0 saturated carbocycles. The van der Waals surface area contributed by atoms with Crippen molar-refractivity contribution in [1.82, 2.24) is 10.8 Å². The molecule has 1 aliphatic rings. The van der Waals surface area contributed by atoms with Crippen LogP contribution >= 0.6 is 0 Å². The third kappa shape index (κ3) is 2.37. The monoisotopic (exact) mass is 154 g/mol. The van der Waals surface area contributed by atoms with Crippen LogP contribution in [0.4, 0.5) is 0 Å². The van der Waals surface area contributed by atoms with E-state index in [0.717, 1.165) is 25.2 Å². The van der Waals surface area contributed by atoms with Crippen LogP contribution in [0.1, 0.15) is 6.42 Å². The third-order valence-corrected chi connectivity index (χ3v) is 1.64. The molecule has 0 radical (unpaired) electrons. The van der Waals surface area contributed by atoms with Crippen LogP contribution in [-0.4, -0.2) is 20.2 Å². The molecule has 0 aromatic rings. The molecule has 0 bridgehead atoms. The quantitative estimate of drug-likeness (QED) is 0.583. The van der Waals surface area contributed by atoms with Crippen molar-refractivity contribution in [1.29, 1.82) is 0 Å². The minimum Gasteiger partial charge on any atom is -0.312 e. The Hall–Kier alpha value is -0.800. The van der Waals surface area contributed by atoms with Gasteiger partial charge in [-0.1, -0.05) is 12.7 Å². The lowest BCUT2D eigenvalue weighted by Crippen LogP contribution is -2.26. The van der Waals surface area contributed by atoms with Gasteiger partial charge in [0.2, 0.25) is 0 Å². The average Bonchev–Trinajstić information content (AvgIpc) is 2.07. The molecule has 0 unspecified atom stereocenters. The standard InChI is InChI=1S/C8H14N2O/c1-7(10-11-2)8-4-3-5-9-6-8/h4,9-10H,1,3,5-6H2,2H3. The van der Waals surface area contributed by atoms with Gasteiger partial charge >= 0.3 is 0 Å². The maximum Gasteiger partial charge on any atom is 0.0636 e. The second-order valence-electron chi connectivity index (χ2n) is 2.48. The van der Waals surface area contributed by atoms with Crippen LogP contribution in [0, 0.1) is 0 Å². The van der Waals surface area contributed by atoms with Gasteiger partial charge < -0.3 is 5.32 Å². The van der Waals surface area contributed by atoms with Crippen molar-refractivity contribution >= 4 is 0 Å². The fraction of sp³-hybridized carbons (Fsp3) is 0.500. The van der Waals surface area contributed by atoms with Crippen molar-refractivity contribution in [2.75, 3.05) is 20.2 Å². The second kappa shape index (κ2) is 4.16. The van der Waals surface area contributed by atoms with E-state index in [1.807, 2.05) is 0 Å². The summed E-state index contributed by atoms with van der Waals surface area (Å²) >= 11 is 0. The van der Waals surface area contributed by atoms with E-state index >= 15 is 0 Å². The molecule has 3 heteroatoms. The summed E-state index contributed by atoms with van der Waals surface area (Å²) < 4.78 is 0. The molecule has 0 amide bonds. The highest BCUT2D eigenvalue weighted by atomic mass is 16.6. The van der Waals surface area contributed by atoms with E-state index in [1.54, 1.807) is 7.11 Å². The molecule has 0 aliphatic carbocycles. The fourth-order valence-electron chi connectivity index (χ4n) is 1.06. The minimum absolute atomic E-state index is 0.847. The van der Waals surface area contributed by atoms with Gasteiger partial charge in [-0.3, -0.25) is 10.3 Å². The summed E-state index contributed by atoms with van der Waals surface area (Å²) in [5, 5.41) is 3.25. The van der Waals surface area contributed by atoms with Gasteiger partial charge in [0.1, 0.15) is 0 Å². The van der Waals surface area contributed by atoms with E-state index in [4.69, 9.17) is 4.84 Å². The summed E-state index contributed by atoms with van der Waals surface area (Å²) in [4.78, 5) is 4.74. The highest BCUT2D eigenvalue weighted by Gasteiger charge is 2.04. The molecule has 1 rings (SSSR count). The first-order valence-corrected chi connectivity index (χ1v) is 3.72. The summed E-state index contributed by atoms with van der Waals surface area (Å²) in [5.41, 5.74) is 4.75. The van der Waals surface area contributed by atoms with Gasteiger partial charge in [-0.25, -0.2) is 0 Å². The van der Waals surface area contributed by atoms with Crippen molar-refractivity contribution < 1.29 is 4.84 Å². The van der Waals surface area contributed by atoms with E-state index in [9.17, 15) is 0 Å². The van der Waals surface area contributed by atoms with Gasteiger partial charge in [0.15, 0.2) is 0 Å². The van der Waals surface area contributed by atoms with Gasteiger partial charge in [-0.05, 0) is 18.5 Å². The van der Waals surface area contributed by atoms with E-state index in [1.165, 1.54) is 5.57 Å². The molecule has 0 fully saturated rings. The molecule has 1 heterocycles. The Morgan fingerprint density at radius 2 is 2.64 bits per heavy atom. The van der Waals surface area contributed by atoms with Crippen LogP contribution < -0.4 is 10.8 Å². The SMILES string of the molecule is C=C(NOC)C1=CCCNC1. The molecule has 0 saturated heterocycles. The van der Waals surface area contributed by atoms with E-state index in [-0.39, 0.29) is 0 Å². The molecular formula is C8H14N2O. The smallest absolute Gasteiger partial charge is 0.0636 e. The molecule has 0 spiro atoms. The maximum atomic E-state index is 4.74. The summed E-state index contributed by atoms with van der Waals surface area (Å²) in [6.07, 6.45) is 3.24. The van der Waals surface area contributed by atoms with Gasteiger partial charge in [0.05, 0.1) is 12.8 Å². The zero-order valence-corrected chi connectivity index (χ0v) is 6.81. The van der Waals surface area contributed by atoms with Crippen LogP contribution in [0.3, 0.4) is 0 Å². The predicted octanol–water partition coefficient (Wildman–Crippen LogP) is 0.571. The van der Waals surface area contributed by atoms with Crippen molar-refractivity contribution in [3.8, 4) is 0 Å². The molecule has 1 aliphatic heterocycles. The Morgan fingerprint density at radius 1 is 1.82 bits per heavy atom. The van der Waals surface area contributed by atoms with Crippen LogP contribution in [-0.2, 0) is 4.84 Å². The van der Waals surface area contributed by atoms with E-state index < -0.39 is 0 Å². The van der Waals surface area contributed by atoms with Gasteiger partial charge in [0, 0.05) is 6.54 Å². The van der Waals surface area contributed by atoms with Crippen molar-refractivity contribution in [3.63, 3.8) is 0 Å². The molecule has 0 aromatic carbocycles. The number of rotatable bonds is 3. The van der Waals surface area contributed by atoms with Crippen LogP contribution in [0.25, 0.3) is 0 Å². The lowest BCUT2D eigenvalue weighted by Gasteiger charge is -2.16. The largest absolute Gasteiger partial charge is 0.312 e. The minimum atomic E-state index is 0.847. The molecule has 3 nitrogen and oxygen atoms in total. The van der Waals surface area contributed by atoms with Gasteiger partial charge in [-0.2, -0.15) is 0 Å². The summed E-state index contributed by atoms with van der Waals surface area (Å²) in [6, 6.07) is 0. The summed E-state index contributed by atoms with van der Waals surface area (Å²) in [6.45, 7) is 5.77. The Balaban J connectivity index is 2.44. The van der Waals surface area contributed by atoms with Crippen LogP contribution in [0.15, 0.2) is 23.9 Å². The lowest BCUT2D eigenvalue weighted by molar-refractivity contribution is 0.120. The van der Waals surface area contributed by atoms with E-state index in [2.05, 4.69) is 23.5 Å². The highest BCUT2D eigenvalue weighted by Crippen LogP contribution is 2.07. The van der Waals surface area contributed by atoms with Crippen molar-refractivity contribution in [2.45, 2.75) is 6.42 Å². The van der Waals surface area contributed by atoms with Crippen LogP contribution in [0.5, 0.6) is 0 Å². The normalized spacial score (nSPS) is 17.4. The Morgan fingerprint density at radius 3 is 3.18 bits per heavy atom. The van der Waals surface area contributed by atoms with E-state index in [0.29, 0.717) is 0 Å². The first kappa shape index (κ1) is 8.30. The summed E-state index contributed by atoms with van der Waals surface area (Å²) in [7, 11) is 1.59. The van der Waals surface area contributed by atoms with Gasteiger partial charge in [-0.15, -0.1) is 0 Å². The number of nitrogens with one attached hydrogen (secondary N) is 2. The number of hydroxylamine groups is 1. The maximum absolute atomic E-state index is 4.74. The topological polar surface area (TPSA) is 33.3 Å². The number of hydrogen-bond acceptors (Lipinski definition) is 3. The Bertz CT molecular complexity index is 175. The molecule has 0 aromatic heterocycles. The third-order valence-electron chi connectivity index (χ3n) is 1.64. The highest BCUT2D eigenvalue weighted by molar-refractivity contribution is 5.28. The molecule has 2 N–H and O–H groups in total. The first-order valence-electron chi connectivity index (χ1n) is 3.72. The molecule has 62 valence electrons. The Kier molecular flexibility index (Phi) is 3.14. The molecular weight excluding hydrogens is 140 g/mol. The summed E-state index contributed by atoms with van der Waals surface area (Å²) in [5.74, 6) is 0. The average molecular weight is 154 g/mol. The van der Waals surface area contributed by atoms with Crippen molar-refractivity contribution in [2.24, 2.45) is 0 Å². The Labute approximate surface area is 67.1 Å². The first-order chi connectivity index (χ1) is 5.34. The second-order valence-corrected chi connectivity index (χ2v) is 2.48. The van der Waals surface area contributed by atoms with Crippen LogP contribution in [0.2, 0.25) is 0 Å². The predicted molar refractivity (Wildman–Crippen MR) is 44.9 cm³/mol.